The third kappa shape index (κ3) is 3.79. The summed E-state index contributed by atoms with van der Waals surface area (Å²) in [5.74, 6) is 0.0459. The zero-order chi connectivity index (χ0) is 14.6. The molecule has 0 amide bonds. The summed E-state index contributed by atoms with van der Waals surface area (Å²) in [5.41, 5.74) is -0.341. The third-order valence-electron chi connectivity index (χ3n) is 3.71. The van der Waals surface area contributed by atoms with Gasteiger partial charge in [0.2, 0.25) is 0 Å². The smallest absolute Gasteiger partial charge is 0.326 e. The number of rotatable bonds is 7. The van der Waals surface area contributed by atoms with Crippen LogP contribution in [0.25, 0.3) is 0 Å². The molecule has 3 nitrogen and oxygen atoms in total. The fraction of sp³-hybridized carbons (Fsp3) is 0.562. The Labute approximate surface area is 119 Å². The van der Waals surface area contributed by atoms with Gasteiger partial charge in [0.25, 0.3) is 0 Å². The van der Waals surface area contributed by atoms with E-state index in [0.29, 0.717) is 24.5 Å². The minimum atomic E-state index is -0.874. The van der Waals surface area contributed by atoms with Crippen LogP contribution in [0.3, 0.4) is 0 Å². The first-order valence-electron chi connectivity index (χ1n) is 7.21. The van der Waals surface area contributed by atoms with Crippen molar-refractivity contribution in [2.24, 2.45) is 5.92 Å². The van der Waals surface area contributed by atoms with Gasteiger partial charge in [-0.1, -0.05) is 18.2 Å². The molecule has 1 aliphatic rings. The van der Waals surface area contributed by atoms with Crippen molar-refractivity contribution in [2.75, 3.05) is 13.2 Å². The molecule has 1 fully saturated rings. The lowest BCUT2D eigenvalue weighted by molar-refractivity contribution is -0.150. The quantitative estimate of drug-likeness (QED) is 0.780. The third-order valence-corrected chi connectivity index (χ3v) is 3.71. The van der Waals surface area contributed by atoms with E-state index < -0.39 is 5.54 Å². The number of carbonyl (C=O) groups is 1. The molecule has 1 N–H and O–H groups in total. The van der Waals surface area contributed by atoms with Crippen LogP contribution in [0.2, 0.25) is 0 Å². The van der Waals surface area contributed by atoms with Crippen LogP contribution in [0.1, 0.15) is 32.3 Å². The molecule has 20 heavy (non-hydrogen) atoms. The minimum Gasteiger partial charge on any atom is -0.465 e. The average molecular weight is 279 g/mol. The van der Waals surface area contributed by atoms with Gasteiger partial charge in [0.05, 0.1) is 6.61 Å². The second-order valence-corrected chi connectivity index (χ2v) is 5.65. The largest absolute Gasteiger partial charge is 0.465 e. The Hall–Kier alpha value is -1.42. The molecule has 2 rings (SSSR count). The molecule has 0 aliphatic heterocycles. The Kier molecular flexibility index (Phi) is 4.76. The van der Waals surface area contributed by atoms with Gasteiger partial charge in [-0.05, 0) is 50.8 Å². The summed E-state index contributed by atoms with van der Waals surface area (Å²) < 4.78 is 18.9. The van der Waals surface area contributed by atoms with Crippen LogP contribution in [-0.4, -0.2) is 24.7 Å². The molecule has 1 aliphatic carbocycles. The maximum absolute atomic E-state index is 13.8. The predicted molar refractivity (Wildman–Crippen MR) is 75.9 cm³/mol. The molecular formula is C16H22FNO2. The maximum Gasteiger partial charge on any atom is 0.326 e. The number of carbonyl (C=O) groups excluding carboxylic acids is 1. The van der Waals surface area contributed by atoms with Crippen molar-refractivity contribution in [3.8, 4) is 0 Å². The van der Waals surface area contributed by atoms with Crippen molar-refractivity contribution in [3.05, 3.63) is 35.6 Å². The molecule has 0 saturated heterocycles. The zero-order valence-electron chi connectivity index (χ0n) is 12.1. The Morgan fingerprint density at radius 1 is 1.45 bits per heavy atom. The van der Waals surface area contributed by atoms with Gasteiger partial charge in [-0.3, -0.25) is 4.79 Å². The van der Waals surface area contributed by atoms with Crippen molar-refractivity contribution in [1.82, 2.24) is 5.32 Å². The van der Waals surface area contributed by atoms with E-state index in [1.54, 1.807) is 32.0 Å². The van der Waals surface area contributed by atoms with Crippen LogP contribution >= 0.6 is 0 Å². The molecule has 0 spiro atoms. The molecule has 0 heterocycles. The summed E-state index contributed by atoms with van der Waals surface area (Å²) in [6.07, 6.45) is 2.70. The number of benzene rings is 1. The molecule has 1 aromatic rings. The van der Waals surface area contributed by atoms with Crippen molar-refractivity contribution < 1.29 is 13.9 Å². The van der Waals surface area contributed by atoms with Gasteiger partial charge in [0.1, 0.15) is 11.4 Å². The number of hydrogen-bond acceptors (Lipinski definition) is 3. The van der Waals surface area contributed by atoms with E-state index in [0.717, 1.165) is 6.54 Å². The SMILES string of the molecule is CCOC(=O)C(C)(Cc1ccccc1F)NCC1CC1. The normalized spacial score (nSPS) is 17.6. The van der Waals surface area contributed by atoms with Gasteiger partial charge >= 0.3 is 5.97 Å². The average Bonchev–Trinajstić information content (AvgIpc) is 3.24. The summed E-state index contributed by atoms with van der Waals surface area (Å²) in [5, 5.41) is 3.28. The van der Waals surface area contributed by atoms with E-state index in [1.807, 2.05) is 0 Å². The molecule has 0 radical (unpaired) electrons. The van der Waals surface area contributed by atoms with Crippen LogP contribution in [0.4, 0.5) is 4.39 Å². The van der Waals surface area contributed by atoms with E-state index in [-0.39, 0.29) is 11.8 Å². The van der Waals surface area contributed by atoms with Crippen molar-refractivity contribution in [3.63, 3.8) is 0 Å². The first kappa shape index (κ1) is 15.0. The number of esters is 1. The zero-order valence-corrected chi connectivity index (χ0v) is 12.1. The van der Waals surface area contributed by atoms with E-state index in [9.17, 15) is 9.18 Å². The molecule has 1 atom stereocenters. The van der Waals surface area contributed by atoms with E-state index >= 15 is 0 Å². The lowest BCUT2D eigenvalue weighted by Gasteiger charge is -2.29. The number of halogens is 1. The lowest BCUT2D eigenvalue weighted by atomic mass is 9.92. The van der Waals surface area contributed by atoms with E-state index in [1.165, 1.54) is 18.9 Å². The topological polar surface area (TPSA) is 38.3 Å². The molecule has 1 aromatic carbocycles. The predicted octanol–water partition coefficient (Wildman–Crippen LogP) is 2.69. The Morgan fingerprint density at radius 2 is 2.15 bits per heavy atom. The maximum atomic E-state index is 13.8. The fourth-order valence-corrected chi connectivity index (χ4v) is 2.21. The highest BCUT2D eigenvalue weighted by molar-refractivity contribution is 5.80. The summed E-state index contributed by atoms with van der Waals surface area (Å²) in [4.78, 5) is 12.2. The summed E-state index contributed by atoms with van der Waals surface area (Å²) in [7, 11) is 0. The molecule has 0 bridgehead atoms. The number of ether oxygens (including phenoxy) is 1. The van der Waals surface area contributed by atoms with Gasteiger partial charge in [-0.25, -0.2) is 4.39 Å². The second-order valence-electron chi connectivity index (χ2n) is 5.65. The first-order valence-corrected chi connectivity index (χ1v) is 7.21. The molecular weight excluding hydrogens is 257 g/mol. The van der Waals surface area contributed by atoms with Crippen LogP contribution in [-0.2, 0) is 16.0 Å². The van der Waals surface area contributed by atoms with Crippen LogP contribution in [0.5, 0.6) is 0 Å². The van der Waals surface area contributed by atoms with Crippen molar-refractivity contribution >= 4 is 5.97 Å². The van der Waals surface area contributed by atoms with Crippen LogP contribution in [0, 0.1) is 11.7 Å². The van der Waals surface area contributed by atoms with Gasteiger partial charge in [0.15, 0.2) is 0 Å². The first-order chi connectivity index (χ1) is 9.55. The summed E-state index contributed by atoms with van der Waals surface area (Å²) in [6, 6.07) is 6.57. The highest BCUT2D eigenvalue weighted by Crippen LogP contribution is 2.29. The standard InChI is InChI=1S/C16H22FNO2/c1-3-20-15(19)16(2,18-11-12-8-9-12)10-13-6-4-5-7-14(13)17/h4-7,12,18H,3,8-11H2,1-2H3. The minimum absolute atomic E-state index is 0.281. The highest BCUT2D eigenvalue weighted by Gasteiger charge is 2.37. The summed E-state index contributed by atoms with van der Waals surface area (Å²) >= 11 is 0. The summed E-state index contributed by atoms with van der Waals surface area (Å²) in [6.45, 7) is 4.68. The van der Waals surface area contributed by atoms with Crippen LogP contribution in [0.15, 0.2) is 24.3 Å². The molecule has 1 saturated carbocycles. The van der Waals surface area contributed by atoms with E-state index in [2.05, 4.69) is 5.32 Å². The van der Waals surface area contributed by atoms with Gasteiger partial charge in [-0.2, -0.15) is 0 Å². The fourth-order valence-electron chi connectivity index (χ4n) is 2.21. The molecule has 1 unspecified atom stereocenters. The molecule has 110 valence electrons. The highest BCUT2D eigenvalue weighted by atomic mass is 19.1. The lowest BCUT2D eigenvalue weighted by Crippen LogP contribution is -2.53. The second kappa shape index (κ2) is 6.35. The van der Waals surface area contributed by atoms with Crippen molar-refractivity contribution in [2.45, 2.75) is 38.6 Å². The van der Waals surface area contributed by atoms with Gasteiger partial charge in [-0.15, -0.1) is 0 Å². The molecule has 0 aromatic heterocycles. The van der Waals surface area contributed by atoms with Gasteiger partial charge in [0, 0.05) is 6.42 Å². The van der Waals surface area contributed by atoms with Crippen LogP contribution < -0.4 is 5.32 Å². The Bertz CT molecular complexity index is 473. The number of hydrogen-bond donors (Lipinski definition) is 1. The van der Waals surface area contributed by atoms with Crippen molar-refractivity contribution in [1.29, 1.82) is 0 Å². The Morgan fingerprint density at radius 3 is 2.75 bits per heavy atom. The van der Waals surface area contributed by atoms with E-state index in [4.69, 9.17) is 4.74 Å². The number of nitrogens with one attached hydrogen (secondary N) is 1. The molecule has 4 heteroatoms. The van der Waals surface area contributed by atoms with Gasteiger partial charge < -0.3 is 10.1 Å². The Balaban J connectivity index is 2.11. The monoisotopic (exact) mass is 279 g/mol.